The molecule has 1 radical (unpaired) electrons. The van der Waals surface area contributed by atoms with Gasteiger partial charge in [0, 0.05) is 0 Å². The fourth-order valence-corrected chi connectivity index (χ4v) is 6.85. The molecule has 0 amide bonds. The lowest BCUT2D eigenvalue weighted by Gasteiger charge is -2.16. The molecule has 0 saturated heterocycles. The predicted molar refractivity (Wildman–Crippen MR) is 196 cm³/mol. The van der Waals surface area contributed by atoms with Crippen molar-refractivity contribution in [2.75, 3.05) is 0 Å². The molecule has 0 aliphatic heterocycles. The van der Waals surface area contributed by atoms with Crippen LogP contribution in [0.5, 0.6) is 0 Å². The van der Waals surface area contributed by atoms with E-state index < -0.39 is 0 Å². The molecule has 0 spiro atoms. The van der Waals surface area contributed by atoms with Gasteiger partial charge in [-0.2, -0.15) is 0 Å². The fourth-order valence-electron chi connectivity index (χ4n) is 6.85. The molecule has 0 nitrogen and oxygen atoms in total. The molecule has 0 aromatic heterocycles. The molecule has 0 bridgehead atoms. The lowest BCUT2D eigenvalue weighted by molar-refractivity contribution is 0.500. The highest BCUT2D eigenvalue weighted by molar-refractivity contribution is 4.89. The molecule has 0 fully saturated rings. The summed E-state index contributed by atoms with van der Waals surface area (Å²) in [5.41, 5.74) is 0. The Bertz CT molecular complexity index is 415. The second-order valence-corrected chi connectivity index (χ2v) is 14.3. The molecule has 0 aromatic rings. The summed E-state index contributed by atoms with van der Waals surface area (Å²) < 4.78 is 0. The van der Waals surface area contributed by atoms with Gasteiger partial charge in [0.1, 0.15) is 0 Å². The SMILES string of the molecule is CCCCCCCCCCCCCCCCC[C](CCCCCCCCCCCC)CCCCCCCCCCCC. The number of unbranched alkanes of at least 4 members (excludes halogenated alkanes) is 32. The van der Waals surface area contributed by atoms with E-state index in [2.05, 4.69) is 20.8 Å². The maximum absolute atomic E-state index is 2.32. The monoisotopic (exact) mass is 590 g/mol. The summed E-state index contributed by atoms with van der Waals surface area (Å²) in [6.45, 7) is 6.96. The Hall–Kier alpha value is 0. The first-order chi connectivity index (χ1) is 20.8. The van der Waals surface area contributed by atoms with Crippen LogP contribution in [0.15, 0.2) is 0 Å². The molecule has 0 rings (SSSR count). The molecular formula is C42H85. The Kier molecular flexibility index (Phi) is 39.0. The molecule has 0 aliphatic carbocycles. The summed E-state index contributed by atoms with van der Waals surface area (Å²) in [7, 11) is 0. The van der Waals surface area contributed by atoms with Gasteiger partial charge in [0.2, 0.25) is 0 Å². The molecule has 253 valence electrons. The van der Waals surface area contributed by atoms with E-state index in [0.717, 1.165) is 0 Å². The standard InChI is InChI=1S/C42H85/c1-4-7-10-13-16-19-22-23-24-25-26-29-32-35-38-41-42(39-36-33-30-27-20-17-14-11-8-5-2)40-37-34-31-28-21-18-15-12-9-6-3/h4-41H2,1-3H3. The van der Waals surface area contributed by atoms with Crippen LogP contribution in [-0.4, -0.2) is 0 Å². The Balaban J connectivity index is 3.85. The molecular weight excluding hydrogens is 504 g/mol. The smallest absolute Gasteiger partial charge is 0.0241 e. The largest absolute Gasteiger partial charge is 0.0654 e. The molecule has 0 unspecified atom stereocenters. The Morgan fingerprint density at radius 2 is 0.333 bits per heavy atom. The minimum atomic E-state index is 1.37. The van der Waals surface area contributed by atoms with Gasteiger partial charge in [-0.1, -0.05) is 245 Å². The van der Waals surface area contributed by atoms with E-state index in [1.54, 1.807) is 0 Å². The summed E-state index contributed by atoms with van der Waals surface area (Å²) in [4.78, 5) is 0. The summed E-state index contributed by atoms with van der Waals surface area (Å²) in [6, 6.07) is 0. The summed E-state index contributed by atoms with van der Waals surface area (Å²) in [5.74, 6) is 1.95. The van der Waals surface area contributed by atoms with E-state index in [1.165, 1.54) is 244 Å². The van der Waals surface area contributed by atoms with Crippen molar-refractivity contribution in [1.82, 2.24) is 0 Å². The van der Waals surface area contributed by atoms with Gasteiger partial charge in [0.05, 0.1) is 0 Å². The van der Waals surface area contributed by atoms with E-state index in [-0.39, 0.29) is 0 Å². The highest BCUT2D eigenvalue weighted by Gasteiger charge is 2.09. The van der Waals surface area contributed by atoms with Crippen LogP contribution in [0.2, 0.25) is 0 Å². The first-order valence-electron chi connectivity index (χ1n) is 20.7. The van der Waals surface area contributed by atoms with Gasteiger partial charge < -0.3 is 0 Å². The minimum absolute atomic E-state index is 1.37. The van der Waals surface area contributed by atoms with Crippen molar-refractivity contribution in [2.24, 2.45) is 0 Å². The molecule has 0 aliphatic rings. The second kappa shape index (κ2) is 39.0. The van der Waals surface area contributed by atoms with Crippen LogP contribution in [0.3, 0.4) is 0 Å². The first kappa shape index (κ1) is 42.0. The topological polar surface area (TPSA) is 0 Å². The first-order valence-corrected chi connectivity index (χ1v) is 20.7. The average Bonchev–Trinajstić information content (AvgIpc) is 3.00. The van der Waals surface area contributed by atoms with Gasteiger partial charge in [-0.15, -0.1) is 0 Å². The molecule has 0 saturated carbocycles. The normalized spacial score (nSPS) is 11.7. The van der Waals surface area contributed by atoms with Crippen LogP contribution in [0.25, 0.3) is 0 Å². The van der Waals surface area contributed by atoms with Crippen molar-refractivity contribution in [3.8, 4) is 0 Å². The van der Waals surface area contributed by atoms with Crippen LogP contribution in [0.1, 0.15) is 265 Å². The molecule has 0 heteroatoms. The van der Waals surface area contributed by atoms with Gasteiger partial charge in [0.15, 0.2) is 0 Å². The average molecular weight is 590 g/mol. The van der Waals surface area contributed by atoms with Gasteiger partial charge in [-0.05, 0) is 25.2 Å². The third kappa shape index (κ3) is 36.2. The molecule has 0 aromatic carbocycles. The lowest BCUT2D eigenvalue weighted by atomic mass is 9.89. The third-order valence-corrected chi connectivity index (χ3v) is 9.90. The van der Waals surface area contributed by atoms with Crippen molar-refractivity contribution in [1.29, 1.82) is 0 Å². The molecule has 0 heterocycles. The van der Waals surface area contributed by atoms with Gasteiger partial charge in [-0.25, -0.2) is 0 Å². The van der Waals surface area contributed by atoms with E-state index in [0.29, 0.717) is 0 Å². The van der Waals surface area contributed by atoms with Crippen LogP contribution < -0.4 is 0 Å². The van der Waals surface area contributed by atoms with Gasteiger partial charge in [-0.3, -0.25) is 0 Å². The Morgan fingerprint density at radius 3 is 0.500 bits per heavy atom. The zero-order valence-electron chi connectivity index (χ0n) is 30.4. The van der Waals surface area contributed by atoms with E-state index in [9.17, 15) is 0 Å². The van der Waals surface area contributed by atoms with Crippen molar-refractivity contribution in [2.45, 2.75) is 265 Å². The van der Waals surface area contributed by atoms with Crippen LogP contribution >= 0.6 is 0 Å². The van der Waals surface area contributed by atoms with Crippen molar-refractivity contribution < 1.29 is 0 Å². The van der Waals surface area contributed by atoms with Gasteiger partial charge >= 0.3 is 0 Å². The zero-order chi connectivity index (χ0) is 30.4. The van der Waals surface area contributed by atoms with Crippen LogP contribution in [-0.2, 0) is 0 Å². The highest BCUT2D eigenvalue weighted by Crippen LogP contribution is 2.27. The maximum atomic E-state index is 2.32. The predicted octanol–water partition coefficient (Wildman–Crippen LogP) is 16.4. The van der Waals surface area contributed by atoms with Crippen molar-refractivity contribution in [3.63, 3.8) is 0 Å². The number of hydrogen-bond acceptors (Lipinski definition) is 0. The summed E-state index contributed by atoms with van der Waals surface area (Å²) in [5, 5.41) is 0. The van der Waals surface area contributed by atoms with E-state index in [1.807, 2.05) is 5.92 Å². The molecule has 0 atom stereocenters. The molecule has 0 N–H and O–H groups in total. The Morgan fingerprint density at radius 1 is 0.190 bits per heavy atom. The van der Waals surface area contributed by atoms with Gasteiger partial charge in [0.25, 0.3) is 0 Å². The third-order valence-electron chi connectivity index (χ3n) is 9.90. The lowest BCUT2D eigenvalue weighted by Crippen LogP contribution is -1.99. The molecule has 42 heavy (non-hydrogen) atoms. The zero-order valence-corrected chi connectivity index (χ0v) is 30.4. The van der Waals surface area contributed by atoms with Crippen LogP contribution in [0, 0.1) is 5.92 Å². The highest BCUT2D eigenvalue weighted by atomic mass is 14.1. The summed E-state index contributed by atoms with van der Waals surface area (Å²) in [6.07, 6.45) is 55.8. The van der Waals surface area contributed by atoms with Crippen LogP contribution in [0.4, 0.5) is 0 Å². The fraction of sp³-hybridized carbons (Fsp3) is 0.976. The quantitative estimate of drug-likeness (QED) is 0.0628. The van der Waals surface area contributed by atoms with E-state index >= 15 is 0 Å². The van der Waals surface area contributed by atoms with Crippen molar-refractivity contribution in [3.05, 3.63) is 5.92 Å². The minimum Gasteiger partial charge on any atom is -0.0654 e. The maximum Gasteiger partial charge on any atom is -0.0241 e. The van der Waals surface area contributed by atoms with Crippen molar-refractivity contribution >= 4 is 0 Å². The van der Waals surface area contributed by atoms with E-state index in [4.69, 9.17) is 0 Å². The Labute approximate surface area is 270 Å². The number of hydrogen-bond donors (Lipinski definition) is 0. The summed E-state index contributed by atoms with van der Waals surface area (Å²) >= 11 is 0. The number of rotatable bonds is 38. The second-order valence-electron chi connectivity index (χ2n) is 14.3.